The summed E-state index contributed by atoms with van der Waals surface area (Å²) >= 11 is 1.77. The molecular formula is C15H22N2O2S. The zero-order valence-corrected chi connectivity index (χ0v) is 12.7. The topological polar surface area (TPSA) is 64.3 Å². The summed E-state index contributed by atoms with van der Waals surface area (Å²) in [7, 11) is 0. The monoisotopic (exact) mass is 294 g/mol. The number of nitrogens with two attached hydrogens (primary N) is 1. The van der Waals surface area contributed by atoms with Crippen molar-refractivity contribution in [3.8, 4) is 0 Å². The number of amides is 1. The van der Waals surface area contributed by atoms with E-state index in [0.717, 1.165) is 36.5 Å². The summed E-state index contributed by atoms with van der Waals surface area (Å²) in [6, 6.07) is 5.80. The van der Waals surface area contributed by atoms with Crippen molar-refractivity contribution in [2.24, 2.45) is 5.92 Å². The average Bonchev–Trinajstić information content (AvgIpc) is 2.49. The molecule has 0 spiro atoms. The smallest absolute Gasteiger partial charge is 0.229 e. The van der Waals surface area contributed by atoms with E-state index >= 15 is 0 Å². The molecule has 1 heterocycles. The van der Waals surface area contributed by atoms with Crippen LogP contribution in [0.25, 0.3) is 0 Å². The van der Waals surface area contributed by atoms with Gasteiger partial charge >= 0.3 is 0 Å². The van der Waals surface area contributed by atoms with Gasteiger partial charge in [0.1, 0.15) is 0 Å². The normalized spacial score (nSPS) is 18.8. The quantitative estimate of drug-likeness (QED) is 0.647. The highest BCUT2D eigenvalue weighted by Gasteiger charge is 2.22. The van der Waals surface area contributed by atoms with Crippen LogP contribution < -0.4 is 11.1 Å². The highest BCUT2D eigenvalue weighted by atomic mass is 32.2. The van der Waals surface area contributed by atoms with Gasteiger partial charge in [0.2, 0.25) is 5.91 Å². The van der Waals surface area contributed by atoms with Gasteiger partial charge < -0.3 is 15.8 Å². The molecule has 1 aliphatic rings. The van der Waals surface area contributed by atoms with Gasteiger partial charge in [-0.25, -0.2) is 0 Å². The molecule has 1 unspecified atom stereocenters. The fourth-order valence-corrected chi connectivity index (χ4v) is 2.94. The first-order chi connectivity index (χ1) is 9.70. The molecule has 2 rings (SSSR count). The Bertz CT molecular complexity index is 459. The maximum Gasteiger partial charge on any atom is 0.229 e. The van der Waals surface area contributed by atoms with Crippen LogP contribution in [0.5, 0.6) is 0 Å². The van der Waals surface area contributed by atoms with Gasteiger partial charge in [-0.15, -0.1) is 11.8 Å². The van der Waals surface area contributed by atoms with Gasteiger partial charge in [0, 0.05) is 11.5 Å². The first kappa shape index (κ1) is 15.2. The zero-order chi connectivity index (χ0) is 14.4. The predicted molar refractivity (Wildman–Crippen MR) is 84.0 cm³/mol. The molecule has 1 fully saturated rings. The van der Waals surface area contributed by atoms with Gasteiger partial charge in [0.15, 0.2) is 0 Å². The van der Waals surface area contributed by atoms with Crippen molar-refractivity contribution < 1.29 is 9.53 Å². The van der Waals surface area contributed by atoms with E-state index in [0.29, 0.717) is 18.0 Å². The molecule has 110 valence electrons. The molecule has 1 aliphatic heterocycles. The third-order valence-corrected chi connectivity index (χ3v) is 4.49. The van der Waals surface area contributed by atoms with Crippen molar-refractivity contribution in [1.29, 1.82) is 0 Å². The molecule has 4 nitrogen and oxygen atoms in total. The van der Waals surface area contributed by atoms with Crippen molar-refractivity contribution in [3.63, 3.8) is 0 Å². The van der Waals surface area contributed by atoms with Gasteiger partial charge in [0.05, 0.1) is 23.9 Å². The number of nitrogen functional groups attached to an aromatic ring is 1. The number of rotatable bonds is 5. The molecule has 0 aromatic heterocycles. The van der Waals surface area contributed by atoms with E-state index in [1.54, 1.807) is 11.8 Å². The first-order valence-corrected chi connectivity index (χ1v) is 8.10. The predicted octanol–water partition coefficient (Wildman–Crippen LogP) is 3.14. The maximum atomic E-state index is 12.2. The molecule has 5 heteroatoms. The van der Waals surface area contributed by atoms with Crippen LogP contribution in [-0.4, -0.2) is 24.9 Å². The number of hydrogen-bond acceptors (Lipinski definition) is 4. The van der Waals surface area contributed by atoms with Gasteiger partial charge in [-0.3, -0.25) is 4.79 Å². The number of hydrogen-bond donors (Lipinski definition) is 2. The van der Waals surface area contributed by atoms with E-state index in [9.17, 15) is 4.79 Å². The molecule has 0 saturated carbocycles. The van der Waals surface area contributed by atoms with Crippen molar-refractivity contribution in [3.05, 3.63) is 18.2 Å². The minimum Gasteiger partial charge on any atom is -0.397 e. The summed E-state index contributed by atoms with van der Waals surface area (Å²) in [5.41, 5.74) is 7.26. The van der Waals surface area contributed by atoms with E-state index in [1.807, 2.05) is 18.2 Å². The average molecular weight is 294 g/mol. The van der Waals surface area contributed by atoms with E-state index in [-0.39, 0.29) is 11.8 Å². The highest BCUT2D eigenvalue weighted by Crippen LogP contribution is 2.28. The highest BCUT2D eigenvalue weighted by molar-refractivity contribution is 7.99. The van der Waals surface area contributed by atoms with E-state index in [4.69, 9.17) is 10.5 Å². The van der Waals surface area contributed by atoms with Crippen LogP contribution in [0, 0.1) is 5.92 Å². The first-order valence-electron chi connectivity index (χ1n) is 7.11. The van der Waals surface area contributed by atoms with Crippen LogP contribution in [-0.2, 0) is 9.53 Å². The van der Waals surface area contributed by atoms with Crippen LogP contribution in [0.1, 0.15) is 26.2 Å². The second kappa shape index (κ2) is 7.55. The van der Waals surface area contributed by atoms with Crippen LogP contribution in [0.15, 0.2) is 23.1 Å². The summed E-state index contributed by atoms with van der Waals surface area (Å²) in [6.07, 6.45) is 2.95. The zero-order valence-electron chi connectivity index (χ0n) is 11.9. The van der Waals surface area contributed by atoms with Crippen molar-refractivity contribution in [2.75, 3.05) is 30.0 Å². The Morgan fingerprint density at radius 1 is 1.55 bits per heavy atom. The molecule has 0 bridgehead atoms. The largest absolute Gasteiger partial charge is 0.397 e. The Balaban J connectivity index is 2.01. The Kier molecular flexibility index (Phi) is 5.73. The number of anilines is 2. The molecule has 3 N–H and O–H groups in total. The van der Waals surface area contributed by atoms with Gasteiger partial charge in [0.25, 0.3) is 0 Å². The minimum absolute atomic E-state index is 0.00837. The lowest BCUT2D eigenvalue weighted by Gasteiger charge is -2.21. The summed E-state index contributed by atoms with van der Waals surface area (Å²) < 4.78 is 5.35. The number of thioether (sulfide) groups is 1. The fourth-order valence-electron chi connectivity index (χ4n) is 2.14. The van der Waals surface area contributed by atoms with Crippen molar-refractivity contribution >= 4 is 29.0 Å². The number of ether oxygens (including phenoxy) is 1. The Labute approximate surface area is 124 Å². The summed E-state index contributed by atoms with van der Waals surface area (Å²) in [6.45, 7) is 3.42. The van der Waals surface area contributed by atoms with Gasteiger partial charge in [-0.1, -0.05) is 6.92 Å². The number of carbonyl (C=O) groups is 1. The third kappa shape index (κ3) is 4.15. The van der Waals surface area contributed by atoms with Crippen LogP contribution in [0.3, 0.4) is 0 Å². The number of benzene rings is 1. The summed E-state index contributed by atoms with van der Waals surface area (Å²) in [5.74, 6) is 1.01. The van der Waals surface area contributed by atoms with Gasteiger partial charge in [-0.05, 0) is 43.2 Å². The lowest BCUT2D eigenvalue weighted by atomic mass is 10.0. The summed E-state index contributed by atoms with van der Waals surface area (Å²) in [5, 5.41) is 2.94. The second-order valence-corrected chi connectivity index (χ2v) is 6.17. The number of nitrogens with one attached hydrogen (secondary N) is 1. The SMILES string of the molecule is CCCSc1ccc(N)c(NC(=O)C2CCCOC2)c1. The number of carbonyl (C=O) groups excluding carboxylic acids is 1. The molecule has 1 aromatic carbocycles. The Hall–Kier alpha value is -1.20. The third-order valence-electron chi connectivity index (χ3n) is 3.29. The Morgan fingerprint density at radius 2 is 2.40 bits per heavy atom. The maximum absolute atomic E-state index is 12.2. The van der Waals surface area contributed by atoms with Crippen molar-refractivity contribution in [2.45, 2.75) is 31.1 Å². The van der Waals surface area contributed by atoms with Crippen molar-refractivity contribution in [1.82, 2.24) is 0 Å². The molecule has 20 heavy (non-hydrogen) atoms. The molecular weight excluding hydrogens is 272 g/mol. The lowest BCUT2D eigenvalue weighted by Crippen LogP contribution is -2.30. The molecule has 0 aliphatic carbocycles. The van der Waals surface area contributed by atoms with E-state index in [2.05, 4.69) is 12.2 Å². The minimum atomic E-state index is -0.0601. The fraction of sp³-hybridized carbons (Fsp3) is 0.533. The molecule has 1 saturated heterocycles. The molecule has 0 radical (unpaired) electrons. The van der Waals surface area contributed by atoms with E-state index < -0.39 is 0 Å². The molecule has 1 amide bonds. The van der Waals surface area contributed by atoms with E-state index in [1.165, 1.54) is 0 Å². The second-order valence-electron chi connectivity index (χ2n) is 5.00. The van der Waals surface area contributed by atoms with Gasteiger partial charge in [-0.2, -0.15) is 0 Å². The Morgan fingerprint density at radius 3 is 3.10 bits per heavy atom. The standard InChI is InChI=1S/C15H22N2O2S/c1-2-8-20-12-5-6-13(16)14(9-12)17-15(18)11-4-3-7-19-10-11/h5-6,9,11H,2-4,7-8,10,16H2,1H3,(H,17,18). The van der Waals surface area contributed by atoms with Crippen LogP contribution >= 0.6 is 11.8 Å². The molecule has 1 aromatic rings. The summed E-state index contributed by atoms with van der Waals surface area (Å²) in [4.78, 5) is 13.3. The molecule has 1 atom stereocenters. The van der Waals surface area contributed by atoms with Crippen LogP contribution in [0.2, 0.25) is 0 Å². The lowest BCUT2D eigenvalue weighted by molar-refractivity contribution is -0.123. The van der Waals surface area contributed by atoms with Crippen LogP contribution in [0.4, 0.5) is 11.4 Å².